The van der Waals surface area contributed by atoms with Crippen LogP contribution in [0.1, 0.15) is 29.9 Å². The number of anilines is 2. The van der Waals surface area contributed by atoms with Crippen molar-refractivity contribution in [3.8, 4) is 0 Å². The van der Waals surface area contributed by atoms with Crippen LogP contribution in [0.4, 0.5) is 11.6 Å². The topological polar surface area (TPSA) is 66.9 Å². The molecule has 1 heterocycles. The Labute approximate surface area is 128 Å². The molecule has 0 aliphatic heterocycles. The van der Waals surface area contributed by atoms with Crippen LogP contribution in [-0.2, 0) is 0 Å². The molecule has 0 radical (unpaired) electrons. The molecule has 0 fully saturated rings. The van der Waals surface area contributed by atoms with Crippen LogP contribution in [0.15, 0.2) is 30.5 Å². The molecule has 0 atom stereocenters. The van der Waals surface area contributed by atoms with Gasteiger partial charge in [0.15, 0.2) is 0 Å². The lowest BCUT2D eigenvalue weighted by Gasteiger charge is -2.09. The number of hydrogen-bond donors (Lipinski definition) is 2. The fourth-order valence-corrected chi connectivity index (χ4v) is 1.86. The van der Waals surface area contributed by atoms with Crippen LogP contribution in [0, 0.1) is 6.92 Å². The van der Waals surface area contributed by atoms with Gasteiger partial charge in [-0.15, -0.1) is 0 Å². The van der Waals surface area contributed by atoms with Crippen LogP contribution in [0.2, 0.25) is 5.02 Å². The minimum atomic E-state index is -0.302. The van der Waals surface area contributed by atoms with Crippen molar-refractivity contribution in [2.75, 3.05) is 10.6 Å². The van der Waals surface area contributed by atoms with Gasteiger partial charge in [0.1, 0.15) is 5.69 Å². The number of aromatic nitrogens is 2. The van der Waals surface area contributed by atoms with Gasteiger partial charge in [0.2, 0.25) is 5.95 Å². The number of aryl methyl sites for hydroxylation is 1. The van der Waals surface area contributed by atoms with E-state index >= 15 is 0 Å². The second-order valence-corrected chi connectivity index (χ2v) is 5.39. The highest BCUT2D eigenvalue weighted by atomic mass is 35.5. The second-order valence-electron chi connectivity index (χ2n) is 4.98. The first-order valence-electron chi connectivity index (χ1n) is 6.63. The number of carbonyl (C=O) groups is 1. The molecule has 1 amide bonds. The first kappa shape index (κ1) is 15.3. The Morgan fingerprint density at radius 3 is 2.71 bits per heavy atom. The number of nitrogens with zero attached hydrogens (tertiary/aromatic N) is 2. The molecule has 5 nitrogen and oxygen atoms in total. The van der Waals surface area contributed by atoms with Gasteiger partial charge in [-0.2, -0.15) is 0 Å². The maximum atomic E-state index is 12.2. The molecule has 21 heavy (non-hydrogen) atoms. The molecule has 0 saturated carbocycles. The molecule has 0 aliphatic carbocycles. The summed E-state index contributed by atoms with van der Waals surface area (Å²) >= 11 is 6.04. The van der Waals surface area contributed by atoms with Crippen LogP contribution < -0.4 is 10.6 Å². The summed E-state index contributed by atoms with van der Waals surface area (Å²) in [6.45, 7) is 5.86. The average molecular weight is 305 g/mol. The lowest BCUT2D eigenvalue weighted by Crippen LogP contribution is -2.17. The summed E-state index contributed by atoms with van der Waals surface area (Å²) in [4.78, 5) is 20.4. The predicted molar refractivity (Wildman–Crippen MR) is 84.9 cm³/mol. The molecule has 2 N–H and O–H groups in total. The minimum absolute atomic E-state index is 0.194. The van der Waals surface area contributed by atoms with E-state index in [2.05, 4.69) is 20.6 Å². The van der Waals surface area contributed by atoms with E-state index in [-0.39, 0.29) is 11.9 Å². The number of nitrogens with one attached hydrogen (secondary N) is 2. The minimum Gasteiger partial charge on any atom is -0.352 e. The third-order valence-corrected chi connectivity index (χ3v) is 3.14. The average Bonchev–Trinajstić information content (AvgIpc) is 2.42. The highest BCUT2D eigenvalue weighted by molar-refractivity contribution is 6.31. The van der Waals surface area contributed by atoms with Crippen LogP contribution in [0.25, 0.3) is 0 Å². The zero-order valence-corrected chi connectivity index (χ0v) is 12.9. The number of amides is 1. The first-order chi connectivity index (χ1) is 9.95. The van der Waals surface area contributed by atoms with E-state index in [1.54, 1.807) is 24.4 Å². The van der Waals surface area contributed by atoms with Gasteiger partial charge in [0.05, 0.1) is 0 Å². The van der Waals surface area contributed by atoms with Crippen molar-refractivity contribution in [3.05, 3.63) is 46.7 Å². The van der Waals surface area contributed by atoms with Gasteiger partial charge >= 0.3 is 0 Å². The van der Waals surface area contributed by atoms with Crippen molar-refractivity contribution in [3.63, 3.8) is 0 Å². The number of rotatable bonds is 4. The lowest BCUT2D eigenvalue weighted by atomic mass is 10.2. The third-order valence-electron chi connectivity index (χ3n) is 2.74. The van der Waals surface area contributed by atoms with Gasteiger partial charge < -0.3 is 10.6 Å². The quantitative estimate of drug-likeness (QED) is 0.907. The van der Waals surface area contributed by atoms with Gasteiger partial charge in [0, 0.05) is 22.9 Å². The maximum absolute atomic E-state index is 12.2. The Hall–Kier alpha value is -2.14. The molecule has 2 rings (SSSR count). The second kappa shape index (κ2) is 6.54. The van der Waals surface area contributed by atoms with Gasteiger partial charge in [0.25, 0.3) is 5.91 Å². The number of halogens is 1. The zero-order valence-electron chi connectivity index (χ0n) is 12.1. The van der Waals surface area contributed by atoms with E-state index in [0.717, 1.165) is 5.56 Å². The Bertz CT molecular complexity index is 658. The summed E-state index contributed by atoms with van der Waals surface area (Å²) < 4.78 is 0. The summed E-state index contributed by atoms with van der Waals surface area (Å²) in [5, 5.41) is 6.43. The maximum Gasteiger partial charge on any atom is 0.274 e. The molecule has 0 unspecified atom stereocenters. The standard InChI is InChI=1S/C15H17ClN4O/c1-9(2)18-15-17-7-6-13(20-15)14(21)19-11-5-4-10(3)12(16)8-11/h4-9H,1-3H3,(H,19,21)(H,17,18,20). The van der Waals surface area contributed by atoms with Crippen molar-refractivity contribution in [1.82, 2.24) is 9.97 Å². The van der Waals surface area contributed by atoms with Crippen LogP contribution in [0.3, 0.4) is 0 Å². The number of hydrogen-bond acceptors (Lipinski definition) is 4. The predicted octanol–water partition coefficient (Wildman–Crippen LogP) is 3.51. The molecule has 1 aromatic carbocycles. The SMILES string of the molecule is Cc1ccc(NC(=O)c2ccnc(NC(C)C)n2)cc1Cl. The Morgan fingerprint density at radius 1 is 1.29 bits per heavy atom. The van der Waals surface area contributed by atoms with E-state index in [1.807, 2.05) is 26.8 Å². The normalized spacial score (nSPS) is 10.5. The highest BCUT2D eigenvalue weighted by Gasteiger charge is 2.10. The lowest BCUT2D eigenvalue weighted by molar-refractivity contribution is 0.102. The Balaban J connectivity index is 2.14. The van der Waals surface area contributed by atoms with Gasteiger partial charge in [-0.25, -0.2) is 9.97 Å². The summed E-state index contributed by atoms with van der Waals surface area (Å²) in [5.41, 5.74) is 1.89. The fourth-order valence-electron chi connectivity index (χ4n) is 1.68. The van der Waals surface area contributed by atoms with E-state index < -0.39 is 0 Å². The Kier molecular flexibility index (Phi) is 4.75. The van der Waals surface area contributed by atoms with Crippen molar-refractivity contribution in [2.45, 2.75) is 26.8 Å². The third kappa shape index (κ3) is 4.16. The van der Waals surface area contributed by atoms with Crippen molar-refractivity contribution >= 4 is 29.1 Å². The van der Waals surface area contributed by atoms with Crippen LogP contribution in [0.5, 0.6) is 0 Å². The molecule has 6 heteroatoms. The summed E-state index contributed by atoms with van der Waals surface area (Å²) in [6, 6.07) is 7.12. The largest absolute Gasteiger partial charge is 0.352 e. The van der Waals surface area contributed by atoms with E-state index in [0.29, 0.717) is 22.4 Å². The molecule has 1 aromatic heterocycles. The highest BCUT2D eigenvalue weighted by Crippen LogP contribution is 2.20. The summed E-state index contributed by atoms with van der Waals surface area (Å²) in [7, 11) is 0. The van der Waals surface area contributed by atoms with Crippen LogP contribution in [-0.4, -0.2) is 21.9 Å². The molecule has 110 valence electrons. The smallest absolute Gasteiger partial charge is 0.274 e. The Morgan fingerprint density at radius 2 is 2.05 bits per heavy atom. The van der Waals surface area contributed by atoms with Crippen molar-refractivity contribution in [1.29, 1.82) is 0 Å². The van der Waals surface area contributed by atoms with Crippen molar-refractivity contribution in [2.24, 2.45) is 0 Å². The van der Waals surface area contributed by atoms with E-state index in [1.165, 1.54) is 0 Å². The van der Waals surface area contributed by atoms with Gasteiger partial charge in [-0.3, -0.25) is 4.79 Å². The molecule has 0 bridgehead atoms. The van der Waals surface area contributed by atoms with E-state index in [9.17, 15) is 4.79 Å². The van der Waals surface area contributed by atoms with Crippen molar-refractivity contribution < 1.29 is 4.79 Å². The number of benzene rings is 1. The molecular formula is C15H17ClN4O. The molecular weight excluding hydrogens is 288 g/mol. The molecule has 0 aliphatic rings. The van der Waals surface area contributed by atoms with Gasteiger partial charge in [-0.1, -0.05) is 17.7 Å². The van der Waals surface area contributed by atoms with E-state index in [4.69, 9.17) is 11.6 Å². The first-order valence-corrected chi connectivity index (χ1v) is 7.00. The monoisotopic (exact) mass is 304 g/mol. The van der Waals surface area contributed by atoms with Gasteiger partial charge in [-0.05, 0) is 44.5 Å². The summed E-state index contributed by atoms with van der Waals surface area (Å²) in [5.74, 6) is 0.128. The zero-order chi connectivity index (χ0) is 15.4. The fraction of sp³-hybridized carbons (Fsp3) is 0.267. The molecule has 0 spiro atoms. The molecule has 0 saturated heterocycles. The molecule has 2 aromatic rings. The van der Waals surface area contributed by atoms with Crippen LogP contribution >= 0.6 is 11.6 Å². The number of carbonyl (C=O) groups excluding carboxylic acids is 1. The summed E-state index contributed by atoms with van der Waals surface area (Å²) in [6.07, 6.45) is 1.55.